The second-order valence-electron chi connectivity index (χ2n) is 3.61. The normalized spacial score (nSPS) is 10.5. The summed E-state index contributed by atoms with van der Waals surface area (Å²) in [6, 6.07) is 8.15. The van der Waals surface area contributed by atoms with Crippen LogP contribution in [0.2, 0.25) is 0 Å². The minimum Gasteiger partial charge on any atom is -0.358 e. The van der Waals surface area contributed by atoms with Gasteiger partial charge in [0, 0.05) is 18.1 Å². The van der Waals surface area contributed by atoms with Crippen molar-refractivity contribution in [3.63, 3.8) is 0 Å². The smallest absolute Gasteiger partial charge is 0.233 e. The molecule has 0 saturated heterocycles. The van der Waals surface area contributed by atoms with Crippen LogP contribution in [-0.4, -0.2) is 30.9 Å². The van der Waals surface area contributed by atoms with Crippen molar-refractivity contribution in [1.29, 1.82) is 0 Å². The van der Waals surface area contributed by atoms with Crippen molar-refractivity contribution in [1.82, 2.24) is 10.2 Å². The first-order valence-corrected chi connectivity index (χ1v) is 6.12. The van der Waals surface area contributed by atoms with E-state index in [1.165, 1.54) is 5.56 Å². The highest BCUT2D eigenvalue weighted by molar-refractivity contribution is 9.10. The lowest BCUT2D eigenvalue weighted by molar-refractivity contribution is -0.121. The zero-order chi connectivity index (χ0) is 12.0. The first-order valence-electron chi connectivity index (χ1n) is 5.33. The van der Waals surface area contributed by atoms with E-state index in [9.17, 15) is 4.79 Å². The molecule has 1 N–H and O–H groups in total. The summed E-state index contributed by atoms with van der Waals surface area (Å²) in [6.45, 7) is 4.16. The van der Waals surface area contributed by atoms with Crippen LogP contribution in [0.15, 0.2) is 28.7 Å². The highest BCUT2D eigenvalue weighted by atomic mass is 79.9. The van der Waals surface area contributed by atoms with Gasteiger partial charge in [0.2, 0.25) is 5.91 Å². The molecular weight excluding hydrogens is 268 g/mol. The average molecular weight is 285 g/mol. The third kappa shape index (κ3) is 4.33. The van der Waals surface area contributed by atoms with Crippen molar-refractivity contribution < 1.29 is 4.79 Å². The number of rotatable bonds is 5. The molecule has 3 nitrogen and oxygen atoms in total. The van der Waals surface area contributed by atoms with Gasteiger partial charge >= 0.3 is 0 Å². The summed E-state index contributed by atoms with van der Waals surface area (Å²) in [5.74, 6) is 0.0526. The molecule has 0 aromatic heterocycles. The minimum atomic E-state index is 0.0526. The second-order valence-corrected chi connectivity index (χ2v) is 4.52. The van der Waals surface area contributed by atoms with Crippen molar-refractivity contribution in [2.75, 3.05) is 20.1 Å². The molecule has 16 heavy (non-hydrogen) atoms. The lowest BCUT2D eigenvalue weighted by Gasteiger charge is -2.19. The van der Waals surface area contributed by atoms with E-state index in [0.29, 0.717) is 6.54 Å². The number of halogens is 1. The quantitative estimate of drug-likeness (QED) is 0.897. The molecule has 0 saturated carbocycles. The van der Waals surface area contributed by atoms with Gasteiger partial charge < -0.3 is 5.32 Å². The number of benzene rings is 1. The largest absolute Gasteiger partial charge is 0.358 e. The summed E-state index contributed by atoms with van der Waals surface area (Å²) in [7, 11) is 1.66. The predicted molar refractivity (Wildman–Crippen MR) is 69.2 cm³/mol. The van der Waals surface area contributed by atoms with Gasteiger partial charge in [0.25, 0.3) is 0 Å². The molecule has 0 atom stereocenters. The van der Waals surface area contributed by atoms with Crippen molar-refractivity contribution >= 4 is 21.8 Å². The molecule has 0 aliphatic carbocycles. The molecule has 88 valence electrons. The van der Waals surface area contributed by atoms with Gasteiger partial charge in [0.15, 0.2) is 0 Å². The van der Waals surface area contributed by atoms with Gasteiger partial charge in [-0.2, -0.15) is 0 Å². The number of nitrogens with zero attached hydrogens (tertiary/aromatic N) is 1. The van der Waals surface area contributed by atoms with E-state index in [4.69, 9.17) is 0 Å². The third-order valence-corrected chi connectivity index (χ3v) is 2.88. The fraction of sp³-hybridized carbons (Fsp3) is 0.417. The van der Waals surface area contributed by atoms with Crippen molar-refractivity contribution in [3.05, 3.63) is 34.3 Å². The summed E-state index contributed by atoms with van der Waals surface area (Å²) in [4.78, 5) is 13.4. The van der Waals surface area contributed by atoms with Crippen molar-refractivity contribution in [2.24, 2.45) is 0 Å². The lowest BCUT2D eigenvalue weighted by Crippen LogP contribution is -2.35. The van der Waals surface area contributed by atoms with E-state index in [2.05, 4.69) is 45.2 Å². The molecule has 0 bridgehead atoms. The number of hydrogen-bond acceptors (Lipinski definition) is 2. The number of likely N-dealkylation sites (N-methyl/N-ethyl adjacent to an activating group) is 2. The van der Waals surface area contributed by atoms with Crippen LogP contribution in [0.3, 0.4) is 0 Å². The van der Waals surface area contributed by atoms with Gasteiger partial charge in [-0.05, 0) is 24.2 Å². The Balaban J connectivity index is 2.59. The molecule has 0 aliphatic rings. The summed E-state index contributed by atoms with van der Waals surface area (Å²) in [5, 5.41) is 2.64. The summed E-state index contributed by atoms with van der Waals surface area (Å²) < 4.78 is 1.07. The number of hydrogen-bond donors (Lipinski definition) is 1. The van der Waals surface area contributed by atoms with Crippen molar-refractivity contribution in [3.8, 4) is 0 Å². The molecule has 1 aromatic rings. The first kappa shape index (κ1) is 13.2. The number of carbonyl (C=O) groups excluding carboxylic acids is 1. The highest BCUT2D eigenvalue weighted by Crippen LogP contribution is 2.13. The molecule has 0 fully saturated rings. The zero-order valence-corrected chi connectivity index (χ0v) is 11.3. The Morgan fingerprint density at radius 3 is 2.81 bits per heavy atom. The number of nitrogens with one attached hydrogen (secondary N) is 1. The van der Waals surface area contributed by atoms with Gasteiger partial charge in [-0.3, -0.25) is 9.69 Å². The fourth-order valence-corrected chi connectivity index (χ4v) is 1.90. The molecule has 0 unspecified atom stereocenters. The Labute approximate surface area is 105 Å². The van der Waals surface area contributed by atoms with Gasteiger partial charge in [-0.1, -0.05) is 35.0 Å². The predicted octanol–water partition coefficient (Wildman–Crippen LogP) is 2.02. The van der Waals surface area contributed by atoms with E-state index in [0.717, 1.165) is 17.6 Å². The van der Waals surface area contributed by atoms with E-state index in [1.54, 1.807) is 7.05 Å². The molecular formula is C12H17BrN2O. The van der Waals surface area contributed by atoms with Gasteiger partial charge in [-0.15, -0.1) is 0 Å². The topological polar surface area (TPSA) is 32.3 Å². The number of amides is 1. The molecule has 0 radical (unpaired) electrons. The van der Waals surface area contributed by atoms with Crippen LogP contribution < -0.4 is 5.32 Å². The summed E-state index contributed by atoms with van der Waals surface area (Å²) in [5.41, 5.74) is 1.21. The second kappa shape index (κ2) is 6.66. The van der Waals surface area contributed by atoms with Crippen LogP contribution >= 0.6 is 15.9 Å². The summed E-state index contributed by atoms with van der Waals surface area (Å²) in [6.07, 6.45) is 0. The van der Waals surface area contributed by atoms with Gasteiger partial charge in [-0.25, -0.2) is 0 Å². The highest BCUT2D eigenvalue weighted by Gasteiger charge is 2.08. The molecule has 1 aromatic carbocycles. The summed E-state index contributed by atoms with van der Waals surface area (Å²) >= 11 is 3.44. The van der Waals surface area contributed by atoms with E-state index < -0.39 is 0 Å². The Kier molecular flexibility index (Phi) is 5.49. The standard InChI is InChI=1S/C12H17BrN2O/c1-3-15(9-12(16)14-2)8-10-5-4-6-11(13)7-10/h4-7H,3,8-9H2,1-2H3,(H,14,16). The monoisotopic (exact) mass is 284 g/mol. The lowest BCUT2D eigenvalue weighted by atomic mass is 10.2. The van der Waals surface area contributed by atoms with E-state index in [-0.39, 0.29) is 5.91 Å². The molecule has 1 rings (SSSR count). The Hall–Kier alpha value is -0.870. The Morgan fingerprint density at radius 2 is 2.25 bits per heavy atom. The molecule has 1 amide bonds. The third-order valence-electron chi connectivity index (χ3n) is 2.39. The average Bonchev–Trinajstić information content (AvgIpc) is 2.28. The molecule has 0 heterocycles. The van der Waals surface area contributed by atoms with E-state index >= 15 is 0 Å². The Morgan fingerprint density at radius 1 is 1.50 bits per heavy atom. The van der Waals surface area contributed by atoms with Gasteiger partial charge in [0.05, 0.1) is 6.54 Å². The van der Waals surface area contributed by atoms with Crippen LogP contribution in [0.5, 0.6) is 0 Å². The van der Waals surface area contributed by atoms with Gasteiger partial charge in [0.1, 0.15) is 0 Å². The first-order chi connectivity index (χ1) is 7.65. The van der Waals surface area contributed by atoms with Crippen LogP contribution in [0.25, 0.3) is 0 Å². The van der Waals surface area contributed by atoms with Crippen LogP contribution in [0.1, 0.15) is 12.5 Å². The zero-order valence-electron chi connectivity index (χ0n) is 9.66. The van der Waals surface area contributed by atoms with Crippen LogP contribution in [-0.2, 0) is 11.3 Å². The maximum absolute atomic E-state index is 11.3. The maximum Gasteiger partial charge on any atom is 0.233 e. The van der Waals surface area contributed by atoms with Crippen molar-refractivity contribution in [2.45, 2.75) is 13.5 Å². The fourth-order valence-electron chi connectivity index (χ4n) is 1.46. The number of carbonyl (C=O) groups is 1. The van der Waals surface area contributed by atoms with E-state index in [1.807, 2.05) is 12.1 Å². The Bertz CT molecular complexity index is 355. The van der Waals surface area contributed by atoms with Crippen LogP contribution in [0.4, 0.5) is 0 Å². The molecule has 0 spiro atoms. The maximum atomic E-state index is 11.3. The van der Waals surface area contributed by atoms with Crippen LogP contribution in [0, 0.1) is 0 Å². The molecule has 0 aliphatic heterocycles. The minimum absolute atomic E-state index is 0.0526. The SMILES string of the molecule is CCN(CC(=O)NC)Cc1cccc(Br)c1. The molecule has 4 heteroatoms.